The zero-order chi connectivity index (χ0) is 49.0. The quantitative estimate of drug-likeness (QED) is 0.0197. The highest BCUT2D eigenvalue weighted by Gasteiger charge is 2.20. The number of nitrogens with zero attached hydrogens (tertiary/aromatic N) is 1. The minimum absolute atomic E-state index is 0.0213. The summed E-state index contributed by atoms with van der Waals surface area (Å²) in [6, 6.07) is 0. The molecule has 0 aliphatic heterocycles. The van der Waals surface area contributed by atoms with Crippen molar-refractivity contribution in [3.63, 3.8) is 0 Å². The van der Waals surface area contributed by atoms with Gasteiger partial charge in [-0.05, 0) is 83.5 Å². The fourth-order valence-corrected chi connectivity index (χ4v) is 8.43. The molecular formula is C58H108NO7P. The summed E-state index contributed by atoms with van der Waals surface area (Å²) in [4.78, 5) is 25.2. The average molecular weight is 962 g/mol. The van der Waals surface area contributed by atoms with Gasteiger partial charge in [-0.2, -0.15) is 0 Å². The molecule has 0 N–H and O–H groups in total. The van der Waals surface area contributed by atoms with E-state index in [4.69, 9.17) is 18.5 Å². The molecule has 0 rings (SSSR count). The highest BCUT2D eigenvalue weighted by Crippen LogP contribution is 2.38. The molecule has 0 radical (unpaired) electrons. The molecule has 392 valence electrons. The Kier molecular flexibility index (Phi) is 49.2. The third-order valence-corrected chi connectivity index (χ3v) is 13.0. The molecule has 0 spiro atoms. The van der Waals surface area contributed by atoms with Gasteiger partial charge in [-0.25, -0.2) is 0 Å². The first-order valence-corrected chi connectivity index (χ1v) is 29.5. The molecule has 0 saturated heterocycles. The molecule has 0 aliphatic rings. The summed E-state index contributed by atoms with van der Waals surface area (Å²) in [6.07, 6.45) is 65.4. The van der Waals surface area contributed by atoms with Crippen LogP contribution in [0.5, 0.6) is 0 Å². The normalized spacial score (nSPS) is 13.9. The van der Waals surface area contributed by atoms with E-state index in [9.17, 15) is 14.3 Å². The lowest BCUT2D eigenvalue weighted by atomic mass is 10.0. The number of hydrogen-bond acceptors (Lipinski definition) is 7. The summed E-state index contributed by atoms with van der Waals surface area (Å²) in [5, 5.41) is 0. The molecular weight excluding hydrogens is 854 g/mol. The maximum Gasteiger partial charge on any atom is 0.306 e. The predicted molar refractivity (Wildman–Crippen MR) is 286 cm³/mol. The van der Waals surface area contributed by atoms with Gasteiger partial charge < -0.3 is 27.9 Å². The van der Waals surface area contributed by atoms with Crippen LogP contribution in [0.2, 0.25) is 0 Å². The molecule has 2 unspecified atom stereocenters. The average Bonchev–Trinajstić information content (AvgIpc) is 3.29. The SMILES string of the molecule is CCCCCCC/C=C\C/C=C\C/C=C\CCCCCCCCC(=O)OC(COCCCCCCCCCCCCCC/C=C\C/C=C\CCCCCCC)COP(=O)([O-])OCC[N+](C)(C)C. The first kappa shape index (κ1) is 65.2. The molecule has 0 amide bonds. The maximum atomic E-state index is 12.8. The van der Waals surface area contributed by atoms with Crippen molar-refractivity contribution in [3.05, 3.63) is 60.8 Å². The highest BCUT2D eigenvalue weighted by molar-refractivity contribution is 7.45. The van der Waals surface area contributed by atoms with Gasteiger partial charge in [-0.3, -0.25) is 9.36 Å². The van der Waals surface area contributed by atoms with E-state index in [-0.39, 0.29) is 25.8 Å². The van der Waals surface area contributed by atoms with E-state index in [0.29, 0.717) is 24.1 Å². The summed E-state index contributed by atoms with van der Waals surface area (Å²) < 4.78 is 34.8. The lowest BCUT2D eigenvalue weighted by Crippen LogP contribution is -2.37. The number of phosphoric acid groups is 1. The van der Waals surface area contributed by atoms with Gasteiger partial charge in [0.05, 0.1) is 34.4 Å². The van der Waals surface area contributed by atoms with Crippen LogP contribution >= 0.6 is 7.82 Å². The fourth-order valence-electron chi connectivity index (χ4n) is 7.70. The van der Waals surface area contributed by atoms with E-state index in [1.54, 1.807) is 0 Å². The third-order valence-electron chi connectivity index (χ3n) is 12.0. The lowest BCUT2D eigenvalue weighted by molar-refractivity contribution is -0.870. The van der Waals surface area contributed by atoms with Gasteiger partial charge in [0.15, 0.2) is 0 Å². The lowest BCUT2D eigenvalue weighted by Gasteiger charge is -2.28. The van der Waals surface area contributed by atoms with Gasteiger partial charge in [0.25, 0.3) is 7.82 Å². The predicted octanol–water partition coefficient (Wildman–Crippen LogP) is 17.0. The highest BCUT2D eigenvalue weighted by atomic mass is 31.2. The minimum atomic E-state index is -4.54. The molecule has 8 nitrogen and oxygen atoms in total. The summed E-state index contributed by atoms with van der Waals surface area (Å²) in [6.45, 7) is 5.39. The molecule has 0 aromatic carbocycles. The number of phosphoric ester groups is 1. The van der Waals surface area contributed by atoms with Crippen LogP contribution in [-0.2, 0) is 27.9 Å². The minimum Gasteiger partial charge on any atom is -0.756 e. The molecule has 0 aliphatic carbocycles. The number of carbonyl (C=O) groups is 1. The van der Waals surface area contributed by atoms with E-state index in [1.165, 1.54) is 161 Å². The van der Waals surface area contributed by atoms with E-state index in [2.05, 4.69) is 74.6 Å². The van der Waals surface area contributed by atoms with Crippen molar-refractivity contribution < 1.29 is 37.3 Å². The van der Waals surface area contributed by atoms with Crippen molar-refractivity contribution in [2.75, 3.05) is 54.1 Å². The van der Waals surface area contributed by atoms with E-state index in [1.807, 2.05) is 21.1 Å². The number of rotatable bonds is 52. The molecule has 0 heterocycles. The second-order valence-electron chi connectivity index (χ2n) is 19.9. The van der Waals surface area contributed by atoms with Gasteiger partial charge in [-0.1, -0.05) is 216 Å². The van der Waals surface area contributed by atoms with Crippen molar-refractivity contribution in [2.45, 2.75) is 251 Å². The number of unbranched alkanes of at least 4 members (excludes halogenated alkanes) is 28. The second-order valence-corrected chi connectivity index (χ2v) is 21.3. The van der Waals surface area contributed by atoms with E-state index in [0.717, 1.165) is 64.2 Å². The molecule has 2 atom stereocenters. The standard InChI is InChI=1S/C58H108NO7P/c1-6-8-10-12-14-16-18-20-22-24-26-28-29-30-32-34-36-38-40-42-44-46-48-50-53-63-55-57(56-65-67(61,62)64-54-52-59(3,4)5)66-58(60)51-49-47-45-43-41-39-37-35-33-31-27-25-23-21-19-17-15-13-11-9-7-2/h18-21,24-27,33,35,57H,6-17,22-23,28-32,34,36-56H2,1-5H3/b20-18-,21-19-,26-24-,27-25-,35-33-. The molecule has 0 bridgehead atoms. The van der Waals surface area contributed by atoms with Crippen LogP contribution in [0.15, 0.2) is 60.8 Å². The summed E-state index contributed by atoms with van der Waals surface area (Å²) in [5.41, 5.74) is 0. The molecule has 0 aromatic rings. The molecule has 0 aromatic heterocycles. The van der Waals surface area contributed by atoms with Gasteiger partial charge >= 0.3 is 5.97 Å². The van der Waals surface area contributed by atoms with Crippen LogP contribution in [0.1, 0.15) is 245 Å². The molecule has 67 heavy (non-hydrogen) atoms. The second kappa shape index (κ2) is 50.6. The molecule has 0 fully saturated rings. The summed E-state index contributed by atoms with van der Waals surface area (Å²) >= 11 is 0. The number of likely N-dealkylation sites (N-methyl/N-ethyl adjacent to an activating group) is 1. The number of allylic oxidation sites excluding steroid dienone is 10. The van der Waals surface area contributed by atoms with Crippen molar-refractivity contribution in [2.24, 2.45) is 0 Å². The molecule has 0 saturated carbocycles. The van der Waals surface area contributed by atoms with Crippen LogP contribution in [0, 0.1) is 0 Å². The van der Waals surface area contributed by atoms with E-state index >= 15 is 0 Å². The number of quaternary nitrogens is 1. The number of ether oxygens (including phenoxy) is 2. The Morgan fingerprint density at radius 2 is 0.821 bits per heavy atom. The summed E-state index contributed by atoms with van der Waals surface area (Å²) in [5.74, 6) is -0.345. The Bertz CT molecular complexity index is 1260. The van der Waals surface area contributed by atoms with E-state index < -0.39 is 13.9 Å². The zero-order valence-corrected chi connectivity index (χ0v) is 45.5. The zero-order valence-electron chi connectivity index (χ0n) is 44.6. The Hall–Kier alpha value is -1.80. The number of carbonyl (C=O) groups excluding carboxylic acids is 1. The Morgan fingerprint density at radius 1 is 0.463 bits per heavy atom. The number of hydrogen-bond donors (Lipinski definition) is 0. The van der Waals surface area contributed by atoms with Crippen LogP contribution in [-0.4, -0.2) is 70.7 Å². The Labute approximate surface area is 415 Å². The monoisotopic (exact) mass is 962 g/mol. The summed E-state index contributed by atoms with van der Waals surface area (Å²) in [7, 11) is 1.35. The fraction of sp³-hybridized carbons (Fsp3) is 0.810. The van der Waals surface area contributed by atoms with Crippen LogP contribution in [0.25, 0.3) is 0 Å². The van der Waals surface area contributed by atoms with Crippen LogP contribution in [0.3, 0.4) is 0 Å². The van der Waals surface area contributed by atoms with Crippen molar-refractivity contribution in [1.29, 1.82) is 0 Å². The smallest absolute Gasteiger partial charge is 0.306 e. The van der Waals surface area contributed by atoms with Gasteiger partial charge in [0.1, 0.15) is 19.3 Å². The Balaban J connectivity index is 4.13. The van der Waals surface area contributed by atoms with Crippen molar-refractivity contribution >= 4 is 13.8 Å². The van der Waals surface area contributed by atoms with Crippen LogP contribution < -0.4 is 4.89 Å². The topological polar surface area (TPSA) is 94.1 Å². The van der Waals surface area contributed by atoms with Gasteiger partial charge in [0, 0.05) is 13.0 Å². The molecule has 9 heteroatoms. The Morgan fingerprint density at radius 3 is 1.22 bits per heavy atom. The van der Waals surface area contributed by atoms with Gasteiger partial charge in [-0.15, -0.1) is 0 Å². The van der Waals surface area contributed by atoms with Crippen molar-refractivity contribution in [3.8, 4) is 0 Å². The third kappa shape index (κ3) is 55.0. The largest absolute Gasteiger partial charge is 0.756 e. The first-order valence-electron chi connectivity index (χ1n) is 28.0. The van der Waals surface area contributed by atoms with Crippen molar-refractivity contribution in [1.82, 2.24) is 0 Å². The first-order chi connectivity index (χ1) is 32.6. The number of esters is 1. The van der Waals surface area contributed by atoms with Crippen LogP contribution in [0.4, 0.5) is 0 Å². The maximum absolute atomic E-state index is 12.8. The van der Waals surface area contributed by atoms with Gasteiger partial charge in [0.2, 0.25) is 0 Å².